The smallest absolute Gasteiger partial charge is 0.325 e. The molecule has 0 saturated carbocycles. The SMILES string of the molecule is CCCC(CCC)(C(=O)O)S(=O)(=O)c1ccccc1Br. The van der Waals surface area contributed by atoms with Gasteiger partial charge in [-0.05, 0) is 40.9 Å². The number of carboxylic acids is 1. The molecule has 0 unspecified atom stereocenters. The zero-order valence-electron chi connectivity index (χ0n) is 11.6. The third-order valence-corrected chi connectivity index (χ3v) is 6.84. The minimum absolute atomic E-state index is 0.0456. The van der Waals surface area contributed by atoms with Crippen molar-refractivity contribution in [3.8, 4) is 0 Å². The summed E-state index contributed by atoms with van der Waals surface area (Å²) in [6.07, 6.45) is 1.21. The number of aliphatic carboxylic acids is 1. The Kier molecular flexibility index (Phi) is 5.77. The molecular weight excluding hydrogens is 344 g/mol. The topological polar surface area (TPSA) is 71.4 Å². The van der Waals surface area contributed by atoms with Gasteiger partial charge in [0.05, 0.1) is 4.90 Å². The van der Waals surface area contributed by atoms with Crippen LogP contribution in [0, 0.1) is 0 Å². The highest BCUT2D eigenvalue weighted by Gasteiger charge is 2.50. The Labute approximate surface area is 128 Å². The van der Waals surface area contributed by atoms with Gasteiger partial charge >= 0.3 is 5.97 Å². The van der Waals surface area contributed by atoms with Crippen LogP contribution in [0.25, 0.3) is 0 Å². The number of carbonyl (C=O) groups is 1. The molecule has 0 aliphatic heterocycles. The molecular formula is C14H19BrO4S. The molecule has 0 aromatic heterocycles. The molecule has 112 valence electrons. The van der Waals surface area contributed by atoms with E-state index in [-0.39, 0.29) is 17.7 Å². The van der Waals surface area contributed by atoms with Crippen LogP contribution in [0.2, 0.25) is 0 Å². The second kappa shape index (κ2) is 6.72. The van der Waals surface area contributed by atoms with E-state index >= 15 is 0 Å². The third kappa shape index (κ3) is 2.91. The van der Waals surface area contributed by atoms with Crippen LogP contribution in [0.4, 0.5) is 0 Å². The van der Waals surface area contributed by atoms with Crippen molar-refractivity contribution in [2.75, 3.05) is 0 Å². The summed E-state index contributed by atoms with van der Waals surface area (Å²) in [5, 5.41) is 9.58. The first kappa shape index (κ1) is 17.2. The molecule has 1 aromatic carbocycles. The first-order chi connectivity index (χ1) is 9.33. The van der Waals surface area contributed by atoms with Crippen LogP contribution >= 0.6 is 15.9 Å². The number of hydrogen-bond donors (Lipinski definition) is 1. The maximum atomic E-state index is 12.9. The number of sulfone groups is 1. The summed E-state index contributed by atoms with van der Waals surface area (Å²) < 4.78 is 24.4. The number of halogens is 1. The maximum absolute atomic E-state index is 12.9. The molecule has 0 spiro atoms. The minimum Gasteiger partial charge on any atom is -0.480 e. The highest BCUT2D eigenvalue weighted by Crippen LogP contribution is 2.37. The largest absolute Gasteiger partial charge is 0.480 e. The van der Waals surface area contributed by atoms with E-state index in [1.165, 1.54) is 6.07 Å². The van der Waals surface area contributed by atoms with Crippen molar-refractivity contribution in [3.05, 3.63) is 28.7 Å². The van der Waals surface area contributed by atoms with Crippen LogP contribution < -0.4 is 0 Å². The molecule has 0 fully saturated rings. The highest BCUT2D eigenvalue weighted by atomic mass is 79.9. The Bertz CT molecular complexity index is 575. The lowest BCUT2D eigenvalue weighted by atomic mass is 9.97. The van der Waals surface area contributed by atoms with Crippen molar-refractivity contribution in [3.63, 3.8) is 0 Å². The molecule has 1 N–H and O–H groups in total. The maximum Gasteiger partial charge on any atom is 0.325 e. The van der Waals surface area contributed by atoms with Gasteiger partial charge in [0.1, 0.15) is 0 Å². The van der Waals surface area contributed by atoms with E-state index in [9.17, 15) is 18.3 Å². The Morgan fingerprint density at radius 2 is 1.70 bits per heavy atom. The van der Waals surface area contributed by atoms with Crippen molar-refractivity contribution in [1.82, 2.24) is 0 Å². The van der Waals surface area contributed by atoms with Crippen molar-refractivity contribution in [2.24, 2.45) is 0 Å². The van der Waals surface area contributed by atoms with Gasteiger partial charge in [-0.25, -0.2) is 8.42 Å². The fourth-order valence-electron chi connectivity index (χ4n) is 2.40. The van der Waals surface area contributed by atoms with Gasteiger partial charge in [-0.1, -0.05) is 38.8 Å². The average Bonchev–Trinajstić information content (AvgIpc) is 2.38. The molecule has 4 nitrogen and oxygen atoms in total. The van der Waals surface area contributed by atoms with Gasteiger partial charge in [-0.15, -0.1) is 0 Å². The van der Waals surface area contributed by atoms with Gasteiger partial charge in [0.15, 0.2) is 14.6 Å². The first-order valence-electron chi connectivity index (χ1n) is 6.56. The predicted molar refractivity (Wildman–Crippen MR) is 81.5 cm³/mol. The Morgan fingerprint density at radius 1 is 1.20 bits per heavy atom. The zero-order valence-corrected chi connectivity index (χ0v) is 14.0. The molecule has 0 aliphatic rings. The summed E-state index contributed by atoms with van der Waals surface area (Å²) in [5.41, 5.74) is 0. The van der Waals surface area contributed by atoms with E-state index in [2.05, 4.69) is 15.9 Å². The van der Waals surface area contributed by atoms with Crippen molar-refractivity contribution < 1.29 is 18.3 Å². The van der Waals surface area contributed by atoms with Gasteiger partial charge in [0, 0.05) is 4.47 Å². The molecule has 0 atom stereocenters. The second-order valence-electron chi connectivity index (χ2n) is 4.73. The van der Waals surface area contributed by atoms with Gasteiger partial charge in [-0.3, -0.25) is 4.79 Å². The lowest BCUT2D eigenvalue weighted by Crippen LogP contribution is -2.46. The van der Waals surface area contributed by atoms with E-state index in [0.717, 1.165) is 0 Å². The second-order valence-corrected chi connectivity index (χ2v) is 7.82. The third-order valence-electron chi connectivity index (χ3n) is 3.34. The molecule has 0 radical (unpaired) electrons. The highest BCUT2D eigenvalue weighted by molar-refractivity contribution is 9.10. The summed E-state index contributed by atoms with van der Waals surface area (Å²) in [7, 11) is -3.96. The minimum atomic E-state index is -3.96. The molecule has 0 heterocycles. The summed E-state index contributed by atoms with van der Waals surface area (Å²) in [6.45, 7) is 3.59. The monoisotopic (exact) mass is 362 g/mol. The molecule has 0 amide bonds. The van der Waals surface area contributed by atoms with Crippen LogP contribution in [-0.4, -0.2) is 24.2 Å². The molecule has 6 heteroatoms. The fourth-order valence-corrected chi connectivity index (χ4v) is 5.51. The lowest BCUT2D eigenvalue weighted by Gasteiger charge is -2.29. The number of carboxylic acid groups (broad SMARTS) is 1. The van der Waals surface area contributed by atoms with Crippen molar-refractivity contribution in [1.29, 1.82) is 0 Å². The molecule has 1 aromatic rings. The Balaban J connectivity index is 3.54. The number of hydrogen-bond acceptors (Lipinski definition) is 3. The summed E-state index contributed by atoms with van der Waals surface area (Å²) in [6, 6.07) is 6.35. The molecule has 0 aliphatic carbocycles. The normalized spacial score (nSPS) is 12.3. The number of benzene rings is 1. The summed E-state index contributed by atoms with van der Waals surface area (Å²) >= 11 is 3.20. The van der Waals surface area contributed by atoms with Gasteiger partial charge in [-0.2, -0.15) is 0 Å². The van der Waals surface area contributed by atoms with Crippen LogP contribution in [0.1, 0.15) is 39.5 Å². The number of rotatable bonds is 7. The van der Waals surface area contributed by atoms with Gasteiger partial charge in [0.2, 0.25) is 0 Å². The standard InChI is InChI=1S/C14H19BrO4S/c1-3-9-14(10-4-2,13(16)17)20(18,19)12-8-6-5-7-11(12)15/h5-8H,3-4,9-10H2,1-2H3,(H,16,17). The van der Waals surface area contributed by atoms with E-state index < -0.39 is 20.6 Å². The van der Waals surface area contributed by atoms with Crippen molar-refractivity contribution in [2.45, 2.75) is 49.2 Å². The van der Waals surface area contributed by atoms with Crippen molar-refractivity contribution >= 4 is 31.7 Å². The zero-order chi connectivity index (χ0) is 15.4. The van der Waals surface area contributed by atoms with Crippen LogP contribution in [0.3, 0.4) is 0 Å². The van der Waals surface area contributed by atoms with E-state index in [0.29, 0.717) is 17.3 Å². The molecule has 0 saturated heterocycles. The van der Waals surface area contributed by atoms with Crippen LogP contribution in [-0.2, 0) is 14.6 Å². The quantitative estimate of drug-likeness (QED) is 0.803. The Hall–Kier alpha value is -0.880. The lowest BCUT2D eigenvalue weighted by molar-refractivity contribution is -0.140. The summed E-state index contributed by atoms with van der Waals surface area (Å²) in [4.78, 5) is 11.8. The van der Waals surface area contributed by atoms with Crippen LogP contribution in [0.15, 0.2) is 33.6 Å². The average molecular weight is 363 g/mol. The predicted octanol–water partition coefficient (Wildman–Crippen LogP) is 3.65. The van der Waals surface area contributed by atoms with Crippen LogP contribution in [0.5, 0.6) is 0 Å². The molecule has 0 bridgehead atoms. The van der Waals surface area contributed by atoms with E-state index in [4.69, 9.17) is 0 Å². The molecule has 20 heavy (non-hydrogen) atoms. The van der Waals surface area contributed by atoms with E-state index in [1.807, 2.05) is 0 Å². The molecule has 1 rings (SSSR count). The summed E-state index contributed by atoms with van der Waals surface area (Å²) in [5.74, 6) is -1.27. The van der Waals surface area contributed by atoms with Gasteiger partial charge < -0.3 is 5.11 Å². The Morgan fingerprint density at radius 3 is 2.10 bits per heavy atom. The van der Waals surface area contributed by atoms with Gasteiger partial charge in [0.25, 0.3) is 0 Å². The van der Waals surface area contributed by atoms with E-state index in [1.54, 1.807) is 32.0 Å². The first-order valence-corrected chi connectivity index (χ1v) is 8.83. The fraction of sp³-hybridized carbons (Fsp3) is 0.500.